The number of H-pyrrole nitrogens is 2. The average molecular weight is 182 g/mol. The van der Waals surface area contributed by atoms with Crippen molar-refractivity contribution < 1.29 is 9.90 Å². The summed E-state index contributed by atoms with van der Waals surface area (Å²) < 4.78 is 0. The summed E-state index contributed by atoms with van der Waals surface area (Å²) in [6.07, 6.45) is 1.07. The van der Waals surface area contributed by atoms with Gasteiger partial charge in [-0.3, -0.25) is 9.78 Å². The maximum absolute atomic E-state index is 11.0. The number of aromatic carboxylic acids is 1. The molecule has 0 aromatic carbocycles. The highest BCUT2D eigenvalue weighted by molar-refractivity contribution is 5.89. The third-order valence-corrected chi connectivity index (χ3v) is 1.40. The Morgan fingerprint density at radius 1 is 1.38 bits per heavy atom. The summed E-state index contributed by atoms with van der Waals surface area (Å²) in [5.41, 5.74) is -2.24. The molecule has 0 saturated heterocycles. The molecular weight excluding hydrogens is 176 g/mol. The molecule has 0 saturated carbocycles. The molecule has 68 valence electrons. The van der Waals surface area contributed by atoms with Crippen molar-refractivity contribution in [2.75, 3.05) is 0 Å². The van der Waals surface area contributed by atoms with Crippen molar-refractivity contribution in [3.05, 3.63) is 38.7 Å². The molecule has 0 aliphatic carbocycles. The van der Waals surface area contributed by atoms with Crippen molar-refractivity contribution in [1.29, 1.82) is 0 Å². The second-order valence-corrected chi connectivity index (χ2v) is 2.21. The molecule has 6 heteroatoms. The first kappa shape index (κ1) is 8.98. The third-order valence-electron chi connectivity index (χ3n) is 1.40. The van der Waals surface area contributed by atoms with Crippen LogP contribution in [0.2, 0.25) is 0 Å². The first-order chi connectivity index (χ1) is 6.06. The van der Waals surface area contributed by atoms with Gasteiger partial charge in [0, 0.05) is 0 Å². The molecule has 6 nitrogen and oxygen atoms in total. The highest BCUT2D eigenvalue weighted by Gasteiger charge is 2.12. The van der Waals surface area contributed by atoms with Gasteiger partial charge >= 0.3 is 11.7 Å². The summed E-state index contributed by atoms with van der Waals surface area (Å²) in [7, 11) is 0. The van der Waals surface area contributed by atoms with Gasteiger partial charge in [-0.1, -0.05) is 12.7 Å². The number of carboxylic acids is 1. The van der Waals surface area contributed by atoms with Crippen molar-refractivity contribution in [1.82, 2.24) is 9.97 Å². The maximum Gasteiger partial charge on any atom is 0.353 e. The summed E-state index contributed by atoms with van der Waals surface area (Å²) in [4.78, 5) is 36.0. The van der Waals surface area contributed by atoms with Gasteiger partial charge in [0.1, 0.15) is 5.69 Å². The Bertz CT molecular complexity index is 468. The monoisotopic (exact) mass is 182 g/mol. The Hall–Kier alpha value is -2.11. The molecule has 13 heavy (non-hydrogen) atoms. The highest BCUT2D eigenvalue weighted by atomic mass is 16.4. The molecular formula is C7H6N2O4. The lowest BCUT2D eigenvalue weighted by Crippen LogP contribution is -2.28. The number of nitrogens with one attached hydrogen (secondary N) is 2. The van der Waals surface area contributed by atoms with Crippen LogP contribution in [0.4, 0.5) is 0 Å². The van der Waals surface area contributed by atoms with Gasteiger partial charge in [-0.05, 0) is 0 Å². The number of hydrogen-bond donors (Lipinski definition) is 3. The van der Waals surface area contributed by atoms with E-state index in [1.807, 2.05) is 9.97 Å². The molecule has 0 radical (unpaired) electrons. The topological polar surface area (TPSA) is 103 Å². The van der Waals surface area contributed by atoms with Gasteiger partial charge in [-0.2, -0.15) is 0 Å². The van der Waals surface area contributed by atoms with Gasteiger partial charge in [-0.15, -0.1) is 0 Å². The van der Waals surface area contributed by atoms with E-state index in [2.05, 4.69) is 6.58 Å². The van der Waals surface area contributed by atoms with E-state index in [0.29, 0.717) is 0 Å². The largest absolute Gasteiger partial charge is 0.477 e. The van der Waals surface area contributed by atoms with Gasteiger partial charge in [0.05, 0.1) is 5.56 Å². The first-order valence-electron chi connectivity index (χ1n) is 3.28. The molecule has 0 bridgehead atoms. The summed E-state index contributed by atoms with van der Waals surface area (Å²) in [5.74, 6) is -1.38. The van der Waals surface area contributed by atoms with Crippen molar-refractivity contribution >= 4 is 12.0 Å². The van der Waals surface area contributed by atoms with Crippen LogP contribution in [0.25, 0.3) is 6.08 Å². The summed E-state index contributed by atoms with van der Waals surface area (Å²) >= 11 is 0. The van der Waals surface area contributed by atoms with E-state index in [1.165, 1.54) is 0 Å². The number of hydrogen-bond acceptors (Lipinski definition) is 3. The van der Waals surface area contributed by atoms with E-state index in [1.54, 1.807) is 0 Å². The average Bonchev–Trinajstić information content (AvgIpc) is 2.02. The first-order valence-corrected chi connectivity index (χ1v) is 3.28. The zero-order valence-electron chi connectivity index (χ0n) is 6.46. The number of carboxylic acid groups (broad SMARTS) is 1. The Labute approximate surface area is 71.6 Å². The summed E-state index contributed by atoms with van der Waals surface area (Å²) in [5, 5.41) is 8.57. The minimum atomic E-state index is -1.38. The minimum absolute atomic E-state index is 0.160. The van der Waals surface area contributed by atoms with Crippen LogP contribution in [0.15, 0.2) is 16.2 Å². The lowest BCUT2D eigenvalue weighted by molar-refractivity contribution is 0.0689. The van der Waals surface area contributed by atoms with E-state index in [9.17, 15) is 14.4 Å². The van der Waals surface area contributed by atoms with Crippen LogP contribution in [-0.4, -0.2) is 21.0 Å². The standard InChI is InChI=1S/C7H6N2O4/c1-2-3-4(6(11)12)8-7(13)9-5(3)10/h2H,1H2,(H,11,12)(H2,8,9,10,13). The van der Waals surface area contributed by atoms with Crippen LogP contribution in [0.5, 0.6) is 0 Å². The SMILES string of the molecule is C=Cc1c(C(=O)O)[nH]c(=O)[nH]c1=O. The lowest BCUT2D eigenvalue weighted by atomic mass is 10.2. The Morgan fingerprint density at radius 3 is 2.46 bits per heavy atom. The molecule has 3 N–H and O–H groups in total. The predicted molar refractivity (Wildman–Crippen MR) is 44.7 cm³/mol. The molecule has 1 rings (SSSR count). The number of aromatic amines is 2. The summed E-state index contributed by atoms with van der Waals surface area (Å²) in [6.45, 7) is 3.26. The lowest BCUT2D eigenvalue weighted by Gasteiger charge is -1.97. The molecule has 0 amide bonds. The fraction of sp³-hybridized carbons (Fsp3) is 0. The third kappa shape index (κ3) is 1.56. The minimum Gasteiger partial charge on any atom is -0.477 e. The Morgan fingerprint density at radius 2 is 2.00 bits per heavy atom. The molecule has 0 unspecified atom stereocenters. The summed E-state index contributed by atoms with van der Waals surface area (Å²) in [6, 6.07) is 0. The van der Waals surface area contributed by atoms with Gasteiger partial charge in [0.15, 0.2) is 0 Å². The van der Waals surface area contributed by atoms with Gasteiger partial charge in [0.25, 0.3) is 5.56 Å². The van der Waals surface area contributed by atoms with E-state index < -0.39 is 22.9 Å². The molecule has 0 aliphatic heterocycles. The maximum atomic E-state index is 11.0. The molecule has 0 fully saturated rings. The van der Waals surface area contributed by atoms with Crippen LogP contribution in [0, 0.1) is 0 Å². The molecule has 0 atom stereocenters. The van der Waals surface area contributed by atoms with Crippen LogP contribution < -0.4 is 11.2 Å². The molecule has 1 aromatic rings. The smallest absolute Gasteiger partial charge is 0.353 e. The van der Waals surface area contributed by atoms with E-state index in [4.69, 9.17) is 5.11 Å². The number of rotatable bonds is 2. The van der Waals surface area contributed by atoms with Gasteiger partial charge < -0.3 is 10.1 Å². The molecule has 0 spiro atoms. The Kier molecular flexibility index (Phi) is 2.14. The Balaban J connectivity index is 3.66. The van der Waals surface area contributed by atoms with Crippen molar-refractivity contribution in [2.45, 2.75) is 0 Å². The van der Waals surface area contributed by atoms with E-state index in [0.717, 1.165) is 6.08 Å². The molecule has 1 heterocycles. The van der Waals surface area contributed by atoms with Crippen LogP contribution in [0.3, 0.4) is 0 Å². The fourth-order valence-corrected chi connectivity index (χ4v) is 0.860. The van der Waals surface area contributed by atoms with Crippen LogP contribution in [-0.2, 0) is 0 Å². The van der Waals surface area contributed by atoms with Crippen LogP contribution in [0.1, 0.15) is 16.1 Å². The number of aromatic nitrogens is 2. The van der Waals surface area contributed by atoms with E-state index in [-0.39, 0.29) is 5.56 Å². The van der Waals surface area contributed by atoms with Crippen LogP contribution >= 0.6 is 0 Å². The van der Waals surface area contributed by atoms with Gasteiger partial charge in [-0.25, -0.2) is 9.59 Å². The van der Waals surface area contributed by atoms with Gasteiger partial charge in [0.2, 0.25) is 0 Å². The normalized spacial score (nSPS) is 9.54. The zero-order chi connectivity index (χ0) is 10.0. The second-order valence-electron chi connectivity index (χ2n) is 2.21. The predicted octanol–water partition coefficient (Wildman–Crippen LogP) is -0.596. The second kappa shape index (κ2) is 3.10. The highest BCUT2D eigenvalue weighted by Crippen LogP contribution is 1.97. The molecule has 0 aliphatic rings. The molecule has 1 aromatic heterocycles. The quantitative estimate of drug-likeness (QED) is 0.568. The van der Waals surface area contributed by atoms with Crippen molar-refractivity contribution in [2.24, 2.45) is 0 Å². The fourth-order valence-electron chi connectivity index (χ4n) is 0.860. The van der Waals surface area contributed by atoms with E-state index >= 15 is 0 Å². The number of carbonyl (C=O) groups is 1. The van der Waals surface area contributed by atoms with Crippen molar-refractivity contribution in [3.8, 4) is 0 Å². The van der Waals surface area contributed by atoms with Crippen molar-refractivity contribution in [3.63, 3.8) is 0 Å². The zero-order valence-corrected chi connectivity index (χ0v) is 6.46.